The first-order valence-corrected chi connectivity index (χ1v) is 21.6. The van der Waals surface area contributed by atoms with Gasteiger partial charge in [-0.2, -0.15) is 11.6 Å². The third-order valence-corrected chi connectivity index (χ3v) is 13.0. The van der Waals surface area contributed by atoms with E-state index in [4.69, 9.17) is 0 Å². The number of halogens is 4. The van der Waals surface area contributed by atoms with E-state index in [9.17, 15) is 8.78 Å². The summed E-state index contributed by atoms with van der Waals surface area (Å²) in [5, 5.41) is 5.58. The smallest absolute Gasteiger partial charge is 1.00 e. The van der Waals surface area contributed by atoms with Crippen LogP contribution >= 0.6 is 0 Å². The zero-order valence-electron chi connectivity index (χ0n) is 37.4. The van der Waals surface area contributed by atoms with E-state index in [0.29, 0.717) is 11.3 Å². The van der Waals surface area contributed by atoms with Gasteiger partial charge in [0, 0.05) is 10.8 Å². The van der Waals surface area contributed by atoms with Gasteiger partial charge >= 0.3 is 108 Å². The molecule has 59 heavy (non-hydrogen) atoms. The molecule has 3 aliphatic rings. The van der Waals surface area contributed by atoms with Crippen molar-refractivity contribution in [2.75, 3.05) is 0 Å². The van der Waals surface area contributed by atoms with Crippen LogP contribution in [-0.2, 0) is 35.1 Å². The van der Waals surface area contributed by atoms with Crippen LogP contribution in [0.1, 0.15) is 130 Å². The summed E-state index contributed by atoms with van der Waals surface area (Å²) in [6, 6.07) is 25.1. The summed E-state index contributed by atoms with van der Waals surface area (Å²) in [4.78, 5) is 0. The van der Waals surface area contributed by atoms with Crippen molar-refractivity contribution in [3.8, 4) is 0 Å². The second-order valence-corrected chi connectivity index (χ2v) is 21.8. The summed E-state index contributed by atoms with van der Waals surface area (Å²) in [7, 11) is 0. The van der Waals surface area contributed by atoms with Crippen molar-refractivity contribution in [3.05, 3.63) is 160 Å². The van der Waals surface area contributed by atoms with Crippen molar-refractivity contribution in [2.45, 2.75) is 108 Å². The van der Waals surface area contributed by atoms with E-state index in [0.717, 1.165) is 38.6 Å². The minimum Gasteiger partial charge on any atom is -1.00 e. The van der Waals surface area contributed by atoms with Crippen LogP contribution in [0.5, 0.6) is 0 Å². The largest absolute Gasteiger partial charge is 1.00 e. The third-order valence-electron chi connectivity index (χ3n) is 11.6. The van der Waals surface area contributed by atoms with E-state index < -0.39 is 0 Å². The molecule has 0 nitrogen and oxygen atoms in total. The molecule has 0 aliphatic heterocycles. The third kappa shape index (κ3) is 10.3. The molecule has 0 radical (unpaired) electrons. The van der Waals surface area contributed by atoms with Crippen LogP contribution in [0.15, 0.2) is 109 Å². The van der Waals surface area contributed by atoms with Crippen molar-refractivity contribution in [3.63, 3.8) is 0 Å². The zero-order valence-corrected chi connectivity index (χ0v) is 41.4. The molecule has 0 N–H and O–H groups in total. The van der Waals surface area contributed by atoms with Crippen molar-refractivity contribution < 1.29 is 57.8 Å². The predicted octanol–water partition coefficient (Wildman–Crippen LogP) is 9.21. The fraction of sp³-hybridized carbons (Fsp3) is 0.370. The van der Waals surface area contributed by atoms with Crippen LogP contribution in [-0.4, -0.2) is 3.21 Å². The maximum Gasteiger partial charge on any atom is -1.00 e. The number of rotatable bonds is 2. The molecule has 0 saturated carbocycles. The van der Waals surface area contributed by atoms with Crippen LogP contribution in [0.4, 0.5) is 8.78 Å². The second-order valence-electron chi connectivity index (χ2n) is 20.5. The molecular weight excluding hydrogens is 849 g/mol. The Morgan fingerprint density at radius 1 is 0.627 bits per heavy atom. The fourth-order valence-corrected chi connectivity index (χ4v) is 9.16. The monoisotopic (exact) mass is 906 g/mol. The van der Waals surface area contributed by atoms with Crippen LogP contribution < -0.4 is 24.8 Å². The van der Waals surface area contributed by atoms with E-state index >= 15 is 0 Å². The van der Waals surface area contributed by atoms with E-state index in [1.807, 2.05) is 12.1 Å². The maximum absolute atomic E-state index is 13.0. The van der Waals surface area contributed by atoms with Gasteiger partial charge in [-0.15, -0.1) is 39.7 Å². The molecule has 0 spiro atoms. The number of benzene rings is 4. The number of allylic oxidation sites excluding steroid dienone is 8. The predicted molar refractivity (Wildman–Crippen MR) is 238 cm³/mol. The molecule has 5 heteroatoms. The average molecular weight is 909 g/mol. The maximum atomic E-state index is 13.0. The molecule has 0 saturated heterocycles. The Bertz CT molecular complexity index is 2370. The Morgan fingerprint density at radius 3 is 1.34 bits per heavy atom. The van der Waals surface area contributed by atoms with Crippen molar-refractivity contribution in [1.82, 2.24) is 0 Å². The molecule has 3 aliphatic carbocycles. The van der Waals surface area contributed by atoms with E-state index in [1.165, 1.54) is 84.8 Å². The molecule has 5 aromatic carbocycles. The Labute approximate surface area is 380 Å². The van der Waals surface area contributed by atoms with Crippen molar-refractivity contribution in [2.24, 2.45) is 22.2 Å². The van der Waals surface area contributed by atoms with Gasteiger partial charge in [0.2, 0.25) is 0 Å². The summed E-state index contributed by atoms with van der Waals surface area (Å²) in [6.45, 7) is 32.3. The number of hydrogen-bond acceptors (Lipinski definition) is 0. The van der Waals surface area contributed by atoms with Gasteiger partial charge in [0.1, 0.15) is 0 Å². The molecule has 8 rings (SSSR count). The summed E-state index contributed by atoms with van der Waals surface area (Å²) < 4.78 is 27.0. The summed E-state index contributed by atoms with van der Waals surface area (Å²) >= 11 is 1.13. The van der Waals surface area contributed by atoms with Gasteiger partial charge in [-0.3, -0.25) is 6.08 Å². The molecule has 1 atom stereocenters. The molecule has 310 valence electrons. The van der Waals surface area contributed by atoms with E-state index in [1.54, 1.807) is 12.1 Å². The summed E-state index contributed by atoms with van der Waals surface area (Å²) in [6.07, 6.45) is 12.7. The Balaban J connectivity index is 0.000000229. The van der Waals surface area contributed by atoms with Crippen LogP contribution in [0.2, 0.25) is 0 Å². The molecule has 1 unspecified atom stereocenters. The molecule has 5 aromatic rings. The Kier molecular flexibility index (Phi) is 14.3. The zero-order chi connectivity index (χ0) is 42.0. The topological polar surface area (TPSA) is 0 Å². The first-order chi connectivity index (χ1) is 26.3. The summed E-state index contributed by atoms with van der Waals surface area (Å²) in [5.41, 5.74) is 12.6. The van der Waals surface area contributed by atoms with E-state index in [2.05, 4.69) is 158 Å². The van der Waals surface area contributed by atoms with Gasteiger partial charge in [-0.05, 0) is 33.1 Å². The Hall–Kier alpha value is -3.10. The molecule has 0 fully saturated rings. The minimum atomic E-state index is -0.270. The van der Waals surface area contributed by atoms with Gasteiger partial charge in [0.15, 0.2) is 0 Å². The summed E-state index contributed by atoms with van der Waals surface area (Å²) in [5.74, 6) is -0.0168. The molecule has 0 heterocycles. The molecular formula is C54H60Cl2F2Zr-2. The van der Waals surface area contributed by atoms with Crippen LogP contribution in [0.3, 0.4) is 0 Å². The average Bonchev–Trinajstić information content (AvgIpc) is 3.84. The SMILES string of the molecule is CC(C)(C)C1=CC(C)(C)c2cc3[cH-]c4cc5c(cc4c3cc21)C(C(C)(C)C)=CC5(C)C.CC1[C-]=CC(C(C)(C)C)=C1.Fc1cccc([C](=[Zr+2])c2cccc(F)c2)c1.[Cl-].[Cl-]. The fourth-order valence-electron chi connectivity index (χ4n) is 8.40. The standard InChI is InChI=1S/C31H37.C13H8F2.C10H15.2ClH.Zr/c1-28(2,3)26-16-30(7,8)24-12-18-11-19-13-25-23(15-21(19)20(18)14-22(24)26)27(29(4,5)6)17-31(25,9)10;14-12-5-1-3-10(8-12)7-11-4-2-6-13(15)9-11;1-8-5-6-9(7-8)10(2,3)4;;;/h11-17H,1-10H3;1-6,8-9H;6-8H,1-4H3;2*1H;/q-1;;-1;;;+2/p-2. The van der Waals surface area contributed by atoms with Gasteiger partial charge in [0.05, 0.1) is 0 Å². The quantitative estimate of drug-likeness (QED) is 0.155. The molecule has 0 amide bonds. The van der Waals surface area contributed by atoms with Crippen molar-refractivity contribution >= 4 is 35.9 Å². The minimum absolute atomic E-state index is 0. The van der Waals surface area contributed by atoms with Gasteiger partial charge < -0.3 is 24.8 Å². The normalized spacial score (nSPS) is 17.3. The van der Waals surface area contributed by atoms with Gasteiger partial charge in [0.25, 0.3) is 0 Å². The number of fused-ring (bicyclic) bond motifs is 5. The Morgan fingerprint density at radius 2 is 1.03 bits per heavy atom. The first kappa shape index (κ1) is 48.6. The van der Waals surface area contributed by atoms with Gasteiger partial charge in [-0.25, -0.2) is 6.08 Å². The van der Waals surface area contributed by atoms with Crippen LogP contribution in [0, 0.1) is 39.9 Å². The molecule has 0 aromatic heterocycles. The van der Waals surface area contributed by atoms with Crippen molar-refractivity contribution in [1.29, 1.82) is 0 Å². The number of hydrogen-bond donors (Lipinski definition) is 0. The second kappa shape index (κ2) is 17.3. The van der Waals surface area contributed by atoms with Crippen LogP contribution in [0.25, 0.3) is 32.7 Å². The molecule has 0 bridgehead atoms. The van der Waals surface area contributed by atoms with E-state index in [-0.39, 0.29) is 58.1 Å². The first-order valence-electron chi connectivity index (χ1n) is 20.4. The van der Waals surface area contributed by atoms with Gasteiger partial charge in [-0.1, -0.05) is 144 Å².